The molecule has 0 unspecified atom stereocenters. The summed E-state index contributed by atoms with van der Waals surface area (Å²) in [6, 6.07) is 10.7. The monoisotopic (exact) mass is 332 g/mol. The molecule has 1 aliphatic heterocycles. The van der Waals surface area contributed by atoms with Crippen LogP contribution >= 0.6 is 0 Å². The molecule has 0 saturated heterocycles. The summed E-state index contributed by atoms with van der Waals surface area (Å²) >= 11 is 0. The standard InChI is InChI=1S/C19H15F3O2/c1-23-17-10-7-14-6-9-16(24-18(14)12-17)8-5-13-3-2-4-15(11-13)19(20,21)22/h2-12,16H,1H3/b8-5+/t16-/m0/s1. The van der Waals surface area contributed by atoms with Crippen molar-refractivity contribution in [3.05, 3.63) is 71.3 Å². The molecule has 0 aromatic heterocycles. The van der Waals surface area contributed by atoms with Gasteiger partial charge in [-0.1, -0.05) is 24.3 Å². The number of halogens is 3. The van der Waals surface area contributed by atoms with Gasteiger partial charge in [-0.2, -0.15) is 13.2 Å². The highest BCUT2D eigenvalue weighted by Gasteiger charge is 2.30. The topological polar surface area (TPSA) is 18.5 Å². The highest BCUT2D eigenvalue weighted by Crippen LogP contribution is 2.31. The molecule has 0 radical (unpaired) electrons. The van der Waals surface area contributed by atoms with Gasteiger partial charge in [-0.25, -0.2) is 0 Å². The van der Waals surface area contributed by atoms with E-state index in [1.165, 1.54) is 6.07 Å². The molecular weight excluding hydrogens is 317 g/mol. The molecule has 0 bridgehead atoms. The zero-order valence-electron chi connectivity index (χ0n) is 12.9. The summed E-state index contributed by atoms with van der Waals surface area (Å²) in [7, 11) is 1.57. The number of alkyl halides is 3. The van der Waals surface area contributed by atoms with E-state index in [9.17, 15) is 13.2 Å². The van der Waals surface area contributed by atoms with E-state index in [0.717, 1.165) is 17.7 Å². The van der Waals surface area contributed by atoms with Gasteiger partial charge in [0.15, 0.2) is 0 Å². The highest BCUT2D eigenvalue weighted by atomic mass is 19.4. The first-order valence-corrected chi connectivity index (χ1v) is 7.34. The van der Waals surface area contributed by atoms with Crippen LogP contribution in [0.2, 0.25) is 0 Å². The average molecular weight is 332 g/mol. The highest BCUT2D eigenvalue weighted by molar-refractivity contribution is 5.63. The molecule has 0 spiro atoms. The Morgan fingerprint density at radius 2 is 1.96 bits per heavy atom. The molecule has 5 heteroatoms. The molecule has 124 valence electrons. The van der Waals surface area contributed by atoms with Crippen molar-refractivity contribution in [3.8, 4) is 11.5 Å². The van der Waals surface area contributed by atoms with Gasteiger partial charge in [-0.15, -0.1) is 0 Å². The maximum atomic E-state index is 12.7. The number of fused-ring (bicyclic) bond motifs is 1. The van der Waals surface area contributed by atoms with Crippen LogP contribution in [0, 0.1) is 0 Å². The van der Waals surface area contributed by atoms with Crippen molar-refractivity contribution in [1.82, 2.24) is 0 Å². The summed E-state index contributed by atoms with van der Waals surface area (Å²) in [6.45, 7) is 0. The second-order valence-corrected chi connectivity index (χ2v) is 5.33. The molecular formula is C19H15F3O2. The van der Waals surface area contributed by atoms with E-state index in [4.69, 9.17) is 9.47 Å². The Labute approximate surface area is 137 Å². The minimum Gasteiger partial charge on any atom is -0.497 e. The van der Waals surface area contributed by atoms with Crippen molar-refractivity contribution in [3.63, 3.8) is 0 Å². The van der Waals surface area contributed by atoms with Crippen LogP contribution in [-0.2, 0) is 6.18 Å². The molecule has 1 heterocycles. The van der Waals surface area contributed by atoms with Gasteiger partial charge in [0.2, 0.25) is 0 Å². The van der Waals surface area contributed by atoms with Crippen LogP contribution in [0.5, 0.6) is 11.5 Å². The van der Waals surface area contributed by atoms with Gasteiger partial charge in [0.25, 0.3) is 0 Å². The predicted octanol–water partition coefficient (Wildman–Crippen LogP) is 5.20. The number of benzene rings is 2. The van der Waals surface area contributed by atoms with E-state index >= 15 is 0 Å². The van der Waals surface area contributed by atoms with Gasteiger partial charge < -0.3 is 9.47 Å². The largest absolute Gasteiger partial charge is 0.497 e. The van der Waals surface area contributed by atoms with Crippen LogP contribution in [0.3, 0.4) is 0 Å². The number of methoxy groups -OCH3 is 1. The maximum Gasteiger partial charge on any atom is 0.416 e. The lowest BCUT2D eigenvalue weighted by atomic mass is 10.1. The number of hydrogen-bond donors (Lipinski definition) is 0. The molecule has 0 N–H and O–H groups in total. The third kappa shape index (κ3) is 3.62. The molecule has 24 heavy (non-hydrogen) atoms. The van der Waals surface area contributed by atoms with Crippen molar-refractivity contribution >= 4 is 12.2 Å². The Hall–Kier alpha value is -2.69. The van der Waals surface area contributed by atoms with Crippen molar-refractivity contribution < 1.29 is 22.6 Å². The lowest BCUT2D eigenvalue weighted by Gasteiger charge is -2.19. The first kappa shape index (κ1) is 16.2. The van der Waals surface area contributed by atoms with Crippen LogP contribution in [0.25, 0.3) is 12.2 Å². The fourth-order valence-electron chi connectivity index (χ4n) is 2.39. The second kappa shape index (κ2) is 6.43. The predicted molar refractivity (Wildman–Crippen MR) is 86.9 cm³/mol. The lowest BCUT2D eigenvalue weighted by Crippen LogP contribution is -2.13. The Kier molecular flexibility index (Phi) is 4.34. The summed E-state index contributed by atoms with van der Waals surface area (Å²) < 4.78 is 49.2. The number of rotatable bonds is 3. The van der Waals surface area contributed by atoms with Crippen LogP contribution < -0.4 is 9.47 Å². The van der Waals surface area contributed by atoms with E-state index in [2.05, 4.69) is 0 Å². The fourth-order valence-corrected chi connectivity index (χ4v) is 2.39. The first-order valence-electron chi connectivity index (χ1n) is 7.34. The molecule has 2 aromatic rings. The van der Waals surface area contributed by atoms with E-state index in [1.54, 1.807) is 31.4 Å². The van der Waals surface area contributed by atoms with Crippen LogP contribution in [-0.4, -0.2) is 13.2 Å². The minimum absolute atomic E-state index is 0.348. The molecule has 2 nitrogen and oxygen atoms in total. The van der Waals surface area contributed by atoms with E-state index < -0.39 is 11.7 Å². The SMILES string of the molecule is COc1ccc2c(c1)O[C@@H](/C=C/c1cccc(C(F)(F)F)c1)C=C2. The summed E-state index contributed by atoms with van der Waals surface area (Å²) in [6.07, 6.45) is 2.40. The Morgan fingerprint density at radius 1 is 1.12 bits per heavy atom. The summed E-state index contributed by atoms with van der Waals surface area (Å²) in [4.78, 5) is 0. The molecule has 1 aliphatic rings. The molecule has 1 atom stereocenters. The van der Waals surface area contributed by atoms with Gasteiger partial charge in [0.1, 0.15) is 17.6 Å². The molecule has 3 rings (SSSR count). The van der Waals surface area contributed by atoms with E-state index in [0.29, 0.717) is 17.1 Å². The number of ether oxygens (including phenoxy) is 2. The lowest BCUT2D eigenvalue weighted by molar-refractivity contribution is -0.137. The third-order valence-corrected chi connectivity index (χ3v) is 3.64. The summed E-state index contributed by atoms with van der Waals surface area (Å²) in [5, 5.41) is 0. The summed E-state index contributed by atoms with van der Waals surface area (Å²) in [5.41, 5.74) is 0.734. The normalized spacial score (nSPS) is 16.8. The van der Waals surface area contributed by atoms with E-state index in [-0.39, 0.29) is 6.10 Å². The molecule has 0 amide bonds. The van der Waals surface area contributed by atoms with Crippen molar-refractivity contribution in [2.45, 2.75) is 12.3 Å². The Balaban J connectivity index is 1.76. The minimum atomic E-state index is -4.35. The average Bonchev–Trinajstić information content (AvgIpc) is 2.58. The Bertz CT molecular complexity index is 791. The van der Waals surface area contributed by atoms with Crippen LogP contribution in [0.15, 0.2) is 54.6 Å². The number of hydrogen-bond acceptors (Lipinski definition) is 2. The Morgan fingerprint density at radius 3 is 2.71 bits per heavy atom. The van der Waals surface area contributed by atoms with Crippen molar-refractivity contribution in [1.29, 1.82) is 0 Å². The van der Waals surface area contributed by atoms with E-state index in [1.807, 2.05) is 24.3 Å². The molecule has 0 saturated carbocycles. The van der Waals surface area contributed by atoms with Gasteiger partial charge in [-0.05, 0) is 42.0 Å². The third-order valence-electron chi connectivity index (χ3n) is 3.64. The first-order chi connectivity index (χ1) is 11.5. The van der Waals surface area contributed by atoms with Crippen LogP contribution in [0.4, 0.5) is 13.2 Å². The van der Waals surface area contributed by atoms with Crippen molar-refractivity contribution in [2.75, 3.05) is 7.11 Å². The quantitative estimate of drug-likeness (QED) is 0.769. The maximum absolute atomic E-state index is 12.7. The van der Waals surface area contributed by atoms with Gasteiger partial charge >= 0.3 is 6.18 Å². The van der Waals surface area contributed by atoms with Gasteiger partial charge in [0.05, 0.1) is 12.7 Å². The zero-order valence-corrected chi connectivity index (χ0v) is 12.9. The van der Waals surface area contributed by atoms with Gasteiger partial charge in [0, 0.05) is 11.6 Å². The summed E-state index contributed by atoms with van der Waals surface area (Å²) in [5.74, 6) is 1.36. The molecule has 0 aliphatic carbocycles. The molecule has 0 fully saturated rings. The second-order valence-electron chi connectivity index (χ2n) is 5.33. The fraction of sp³-hybridized carbons (Fsp3) is 0.158. The van der Waals surface area contributed by atoms with Crippen LogP contribution in [0.1, 0.15) is 16.7 Å². The zero-order chi connectivity index (χ0) is 17.2. The smallest absolute Gasteiger partial charge is 0.416 e. The molecule has 2 aromatic carbocycles. The van der Waals surface area contributed by atoms with Gasteiger partial charge in [-0.3, -0.25) is 0 Å². The van der Waals surface area contributed by atoms with Crippen molar-refractivity contribution in [2.24, 2.45) is 0 Å².